The van der Waals surface area contributed by atoms with Gasteiger partial charge in [-0.05, 0) is 31.2 Å². The second kappa shape index (κ2) is 6.10. The molecule has 0 spiro atoms. The molecule has 1 aromatic carbocycles. The molecule has 0 radical (unpaired) electrons. The van der Waals surface area contributed by atoms with E-state index < -0.39 is 0 Å². The zero-order valence-electron chi connectivity index (χ0n) is 11.7. The Hall–Kier alpha value is -2.14. The Kier molecular flexibility index (Phi) is 4.01. The largest absolute Gasteiger partial charge is 0.492 e. The van der Waals surface area contributed by atoms with Crippen molar-refractivity contribution in [1.82, 2.24) is 19.7 Å². The normalized spacial score (nSPS) is 11.0. The molecular weight excluding hydrogens is 288 g/mol. The lowest BCUT2D eigenvalue weighted by Gasteiger charge is -2.07. The van der Waals surface area contributed by atoms with Gasteiger partial charge in [0.1, 0.15) is 17.1 Å². The molecule has 108 valence electrons. The van der Waals surface area contributed by atoms with E-state index in [0.29, 0.717) is 19.0 Å². The molecule has 3 aromatic rings. The highest BCUT2D eigenvalue weighted by atomic mass is 35.5. The Bertz CT molecular complexity index is 742. The number of ether oxygens (including phenoxy) is 1. The summed E-state index contributed by atoms with van der Waals surface area (Å²) in [6.07, 6.45) is 1.66. The van der Waals surface area contributed by atoms with Crippen LogP contribution < -0.4 is 4.74 Å². The maximum absolute atomic E-state index is 6.04. The van der Waals surface area contributed by atoms with Crippen molar-refractivity contribution >= 4 is 22.6 Å². The molecule has 3 rings (SSSR count). The number of alkyl halides is 1. The Morgan fingerprint density at radius 1 is 1.24 bits per heavy atom. The minimum absolute atomic E-state index is 0.334. The van der Waals surface area contributed by atoms with Crippen molar-refractivity contribution in [3.8, 4) is 5.75 Å². The molecule has 0 saturated carbocycles. The van der Waals surface area contributed by atoms with Gasteiger partial charge in [-0.1, -0.05) is 6.07 Å². The molecule has 5 nitrogen and oxygen atoms in total. The van der Waals surface area contributed by atoms with Crippen LogP contribution in [0.3, 0.4) is 0 Å². The van der Waals surface area contributed by atoms with Crippen molar-refractivity contribution in [3.05, 3.63) is 48.0 Å². The molecule has 2 aromatic heterocycles. The van der Waals surface area contributed by atoms with Crippen LogP contribution in [-0.2, 0) is 12.4 Å². The summed E-state index contributed by atoms with van der Waals surface area (Å²) in [5, 5.41) is 8.03. The van der Waals surface area contributed by atoms with Crippen LogP contribution in [0.25, 0.3) is 11.0 Å². The van der Waals surface area contributed by atoms with E-state index in [0.717, 1.165) is 28.3 Å². The van der Waals surface area contributed by atoms with Crippen molar-refractivity contribution < 1.29 is 4.74 Å². The van der Waals surface area contributed by atoms with E-state index in [1.165, 1.54) is 0 Å². The lowest BCUT2D eigenvalue weighted by atomic mass is 10.3. The summed E-state index contributed by atoms with van der Waals surface area (Å²) < 4.78 is 7.69. The second-order valence-corrected chi connectivity index (χ2v) is 4.79. The highest BCUT2D eigenvalue weighted by molar-refractivity contribution is 6.16. The van der Waals surface area contributed by atoms with E-state index in [-0.39, 0.29) is 0 Å². The lowest BCUT2D eigenvalue weighted by Crippen LogP contribution is -2.05. The van der Waals surface area contributed by atoms with Crippen LogP contribution in [0.2, 0.25) is 0 Å². The SMILES string of the molecule is CCOc1cccc2c1nc(CCl)n2Cc1cccnn1. The van der Waals surface area contributed by atoms with Crippen molar-refractivity contribution in [2.24, 2.45) is 0 Å². The number of fused-ring (bicyclic) bond motifs is 1. The molecule has 0 bridgehead atoms. The monoisotopic (exact) mass is 302 g/mol. The summed E-state index contributed by atoms with van der Waals surface area (Å²) >= 11 is 6.04. The number of imidazole rings is 1. The zero-order chi connectivity index (χ0) is 14.7. The second-order valence-electron chi connectivity index (χ2n) is 4.52. The summed E-state index contributed by atoms with van der Waals surface area (Å²) in [5.41, 5.74) is 2.69. The van der Waals surface area contributed by atoms with E-state index in [4.69, 9.17) is 16.3 Å². The molecule has 0 atom stereocenters. The van der Waals surface area contributed by atoms with Gasteiger partial charge >= 0.3 is 0 Å². The molecule has 0 aliphatic carbocycles. The molecular formula is C15H15ClN4O. The fourth-order valence-electron chi connectivity index (χ4n) is 2.30. The predicted molar refractivity (Wildman–Crippen MR) is 81.6 cm³/mol. The molecule has 21 heavy (non-hydrogen) atoms. The van der Waals surface area contributed by atoms with Crippen LogP contribution in [0, 0.1) is 0 Å². The number of hydrogen-bond acceptors (Lipinski definition) is 4. The first-order chi connectivity index (χ1) is 10.3. The van der Waals surface area contributed by atoms with Gasteiger partial charge in [0.05, 0.1) is 30.2 Å². The number of benzene rings is 1. The lowest BCUT2D eigenvalue weighted by molar-refractivity contribution is 0.343. The number of aromatic nitrogens is 4. The number of hydrogen-bond donors (Lipinski definition) is 0. The van der Waals surface area contributed by atoms with Crippen molar-refractivity contribution in [2.45, 2.75) is 19.3 Å². The fourth-order valence-corrected chi connectivity index (χ4v) is 2.50. The highest BCUT2D eigenvalue weighted by Crippen LogP contribution is 2.27. The van der Waals surface area contributed by atoms with E-state index in [1.807, 2.05) is 37.3 Å². The van der Waals surface area contributed by atoms with Gasteiger partial charge in [-0.15, -0.1) is 11.6 Å². The van der Waals surface area contributed by atoms with Crippen LogP contribution in [0.15, 0.2) is 36.5 Å². The van der Waals surface area contributed by atoms with Gasteiger partial charge in [-0.3, -0.25) is 0 Å². The van der Waals surface area contributed by atoms with Gasteiger partial charge in [0.2, 0.25) is 0 Å². The van der Waals surface area contributed by atoms with Gasteiger partial charge in [-0.25, -0.2) is 4.98 Å². The number of rotatable bonds is 5. The fraction of sp³-hybridized carbons (Fsp3) is 0.267. The number of nitrogens with zero attached hydrogens (tertiary/aromatic N) is 4. The summed E-state index contributed by atoms with van der Waals surface area (Å²) in [6.45, 7) is 3.15. The average Bonchev–Trinajstić information content (AvgIpc) is 2.88. The Morgan fingerprint density at radius 3 is 2.86 bits per heavy atom. The standard InChI is InChI=1S/C15H15ClN4O/c1-2-21-13-7-3-6-12-15(13)18-14(9-16)20(12)10-11-5-4-8-17-19-11/h3-8H,2,9-10H2,1H3. The van der Waals surface area contributed by atoms with Crippen LogP contribution in [-0.4, -0.2) is 26.4 Å². The Labute approximate surface area is 127 Å². The van der Waals surface area contributed by atoms with Crippen LogP contribution >= 0.6 is 11.6 Å². The van der Waals surface area contributed by atoms with Crippen molar-refractivity contribution in [2.75, 3.05) is 6.61 Å². The molecule has 0 unspecified atom stereocenters. The minimum Gasteiger partial charge on any atom is -0.492 e. The Balaban J connectivity index is 2.10. The maximum atomic E-state index is 6.04. The van der Waals surface area contributed by atoms with E-state index in [1.54, 1.807) is 6.20 Å². The minimum atomic E-state index is 0.334. The molecule has 0 aliphatic heterocycles. The number of para-hydroxylation sites is 1. The third-order valence-corrected chi connectivity index (χ3v) is 3.43. The smallest absolute Gasteiger partial charge is 0.147 e. The van der Waals surface area contributed by atoms with Gasteiger partial charge in [-0.2, -0.15) is 10.2 Å². The van der Waals surface area contributed by atoms with E-state index in [9.17, 15) is 0 Å². The van der Waals surface area contributed by atoms with Gasteiger partial charge in [0, 0.05) is 6.20 Å². The summed E-state index contributed by atoms with van der Waals surface area (Å²) in [6, 6.07) is 9.69. The molecule has 6 heteroatoms. The van der Waals surface area contributed by atoms with Crippen LogP contribution in [0.4, 0.5) is 0 Å². The van der Waals surface area contributed by atoms with E-state index >= 15 is 0 Å². The maximum Gasteiger partial charge on any atom is 0.147 e. The summed E-state index contributed by atoms with van der Waals surface area (Å²) in [7, 11) is 0. The molecule has 0 N–H and O–H groups in total. The zero-order valence-corrected chi connectivity index (χ0v) is 12.4. The molecule has 0 aliphatic rings. The van der Waals surface area contributed by atoms with Crippen LogP contribution in [0.5, 0.6) is 5.75 Å². The molecule has 0 fully saturated rings. The van der Waals surface area contributed by atoms with Gasteiger partial charge in [0.25, 0.3) is 0 Å². The number of halogens is 1. The van der Waals surface area contributed by atoms with E-state index in [2.05, 4.69) is 19.7 Å². The van der Waals surface area contributed by atoms with Crippen molar-refractivity contribution in [1.29, 1.82) is 0 Å². The molecule has 0 saturated heterocycles. The topological polar surface area (TPSA) is 52.8 Å². The average molecular weight is 303 g/mol. The highest BCUT2D eigenvalue weighted by Gasteiger charge is 2.14. The summed E-state index contributed by atoms with van der Waals surface area (Å²) in [4.78, 5) is 4.60. The summed E-state index contributed by atoms with van der Waals surface area (Å²) in [5.74, 6) is 1.91. The van der Waals surface area contributed by atoms with Gasteiger partial charge in [0.15, 0.2) is 0 Å². The third kappa shape index (κ3) is 2.69. The molecule has 0 amide bonds. The van der Waals surface area contributed by atoms with Crippen molar-refractivity contribution in [3.63, 3.8) is 0 Å². The first-order valence-corrected chi connectivity index (χ1v) is 7.30. The third-order valence-electron chi connectivity index (χ3n) is 3.19. The van der Waals surface area contributed by atoms with Crippen LogP contribution in [0.1, 0.15) is 18.4 Å². The first-order valence-electron chi connectivity index (χ1n) is 6.77. The predicted octanol–water partition coefficient (Wildman–Crippen LogP) is 3.01. The Morgan fingerprint density at radius 2 is 2.14 bits per heavy atom. The quantitative estimate of drug-likeness (QED) is 0.680. The first kappa shape index (κ1) is 13.8. The van der Waals surface area contributed by atoms with Gasteiger partial charge < -0.3 is 9.30 Å². The molecule has 2 heterocycles.